The average Bonchev–Trinajstić information content (AvgIpc) is 2.45. The molecule has 0 atom stereocenters. The highest BCUT2D eigenvalue weighted by atomic mass is 16.5. The van der Waals surface area contributed by atoms with Gasteiger partial charge in [-0.05, 0) is 18.2 Å². The van der Waals surface area contributed by atoms with E-state index in [0.29, 0.717) is 22.8 Å². The van der Waals surface area contributed by atoms with Crippen molar-refractivity contribution in [2.75, 3.05) is 20.0 Å². The van der Waals surface area contributed by atoms with E-state index >= 15 is 0 Å². The maximum atomic E-state index is 11.2. The van der Waals surface area contributed by atoms with E-state index in [9.17, 15) is 4.79 Å². The predicted octanol–water partition coefficient (Wildman–Crippen LogP) is 0.842. The summed E-state index contributed by atoms with van der Waals surface area (Å²) in [4.78, 5) is 19.1. The van der Waals surface area contributed by atoms with Crippen molar-refractivity contribution in [1.82, 2.24) is 9.97 Å². The Balaban J connectivity index is 2.58. The molecular formula is C13H14N4O3. The fourth-order valence-electron chi connectivity index (χ4n) is 1.74. The number of carbonyl (C=O) groups is 1. The molecule has 1 heterocycles. The molecule has 2 rings (SSSR count). The monoisotopic (exact) mass is 274 g/mol. The number of hydrogen-bond donors (Lipinski definition) is 2. The smallest absolute Gasteiger partial charge is 0.267 e. The Morgan fingerprint density at radius 3 is 2.50 bits per heavy atom. The minimum Gasteiger partial charge on any atom is -0.497 e. The van der Waals surface area contributed by atoms with Crippen LogP contribution in [0.2, 0.25) is 0 Å². The van der Waals surface area contributed by atoms with Crippen LogP contribution in [0.4, 0.5) is 5.95 Å². The first-order valence-electron chi connectivity index (χ1n) is 5.72. The lowest BCUT2D eigenvalue weighted by molar-refractivity contribution is 0.0995. The van der Waals surface area contributed by atoms with Crippen LogP contribution < -0.4 is 20.9 Å². The number of ether oxygens (including phenoxy) is 2. The number of nitrogens with two attached hydrogens (primary N) is 2. The summed E-state index contributed by atoms with van der Waals surface area (Å²) in [6.07, 6.45) is 0. The van der Waals surface area contributed by atoms with Crippen LogP contribution in [0.5, 0.6) is 11.5 Å². The molecule has 2 aromatic rings. The lowest BCUT2D eigenvalue weighted by Crippen LogP contribution is -2.15. The van der Waals surface area contributed by atoms with E-state index in [0.717, 1.165) is 0 Å². The molecule has 20 heavy (non-hydrogen) atoms. The minimum atomic E-state index is -0.673. The minimum absolute atomic E-state index is 0.0332. The summed E-state index contributed by atoms with van der Waals surface area (Å²) < 4.78 is 10.4. The van der Waals surface area contributed by atoms with Gasteiger partial charge in [-0.2, -0.15) is 0 Å². The van der Waals surface area contributed by atoms with E-state index in [1.54, 1.807) is 25.3 Å². The van der Waals surface area contributed by atoms with Crippen molar-refractivity contribution in [2.24, 2.45) is 5.73 Å². The zero-order valence-electron chi connectivity index (χ0n) is 11.1. The molecule has 0 saturated heterocycles. The van der Waals surface area contributed by atoms with Gasteiger partial charge in [0.2, 0.25) is 5.95 Å². The molecule has 0 aliphatic rings. The third-order valence-electron chi connectivity index (χ3n) is 2.68. The van der Waals surface area contributed by atoms with Gasteiger partial charge in [-0.3, -0.25) is 4.79 Å². The summed E-state index contributed by atoms with van der Waals surface area (Å²) in [5.74, 6) is 0.475. The zero-order chi connectivity index (χ0) is 14.7. The van der Waals surface area contributed by atoms with E-state index in [1.165, 1.54) is 13.2 Å². The van der Waals surface area contributed by atoms with Gasteiger partial charge < -0.3 is 20.9 Å². The highest BCUT2D eigenvalue weighted by molar-refractivity contribution is 5.92. The standard InChI is InChI=1S/C13H14N4O3/c1-19-7-3-4-8(11(5-7)20-2)9-6-10(12(14)18)17-13(15)16-9/h3-6H,1-2H3,(H2,14,18)(H2,15,16,17). The Bertz CT molecular complexity index is 658. The molecule has 0 fully saturated rings. The molecule has 0 radical (unpaired) electrons. The van der Waals surface area contributed by atoms with Gasteiger partial charge in [0.15, 0.2) is 0 Å². The van der Waals surface area contributed by atoms with Crippen molar-refractivity contribution in [1.29, 1.82) is 0 Å². The van der Waals surface area contributed by atoms with Crippen molar-refractivity contribution < 1.29 is 14.3 Å². The van der Waals surface area contributed by atoms with E-state index in [-0.39, 0.29) is 11.6 Å². The van der Waals surface area contributed by atoms with Crippen LogP contribution >= 0.6 is 0 Å². The number of primary amides is 1. The molecule has 0 aliphatic carbocycles. The van der Waals surface area contributed by atoms with Crippen molar-refractivity contribution in [3.8, 4) is 22.8 Å². The van der Waals surface area contributed by atoms with Crippen molar-refractivity contribution in [3.63, 3.8) is 0 Å². The van der Waals surface area contributed by atoms with E-state index in [1.807, 2.05) is 0 Å². The molecule has 0 saturated carbocycles. The van der Waals surface area contributed by atoms with Gasteiger partial charge in [0.1, 0.15) is 17.2 Å². The van der Waals surface area contributed by atoms with Gasteiger partial charge in [-0.25, -0.2) is 9.97 Å². The number of nitrogen functional groups attached to an aromatic ring is 1. The van der Waals surface area contributed by atoms with Crippen LogP contribution in [0.3, 0.4) is 0 Å². The molecule has 104 valence electrons. The first-order chi connectivity index (χ1) is 9.55. The van der Waals surface area contributed by atoms with Crippen molar-refractivity contribution >= 4 is 11.9 Å². The lowest BCUT2D eigenvalue weighted by atomic mass is 10.1. The van der Waals surface area contributed by atoms with Crippen LogP contribution in [0, 0.1) is 0 Å². The number of nitrogens with zero attached hydrogens (tertiary/aromatic N) is 2. The molecule has 1 aromatic heterocycles. The summed E-state index contributed by atoms with van der Waals surface area (Å²) in [5, 5.41) is 0. The Hall–Kier alpha value is -2.83. The first kappa shape index (κ1) is 13.6. The number of rotatable bonds is 4. The molecule has 0 unspecified atom stereocenters. The maximum Gasteiger partial charge on any atom is 0.267 e. The largest absolute Gasteiger partial charge is 0.497 e. The summed E-state index contributed by atoms with van der Waals surface area (Å²) in [5.41, 5.74) is 12.0. The van der Waals surface area contributed by atoms with E-state index < -0.39 is 5.91 Å². The number of carbonyl (C=O) groups excluding carboxylic acids is 1. The van der Waals surface area contributed by atoms with Crippen LogP contribution in [-0.4, -0.2) is 30.1 Å². The number of anilines is 1. The van der Waals surface area contributed by atoms with Gasteiger partial charge in [0.25, 0.3) is 5.91 Å². The highest BCUT2D eigenvalue weighted by Gasteiger charge is 2.13. The lowest BCUT2D eigenvalue weighted by Gasteiger charge is -2.10. The fraction of sp³-hybridized carbons (Fsp3) is 0.154. The zero-order valence-corrected chi connectivity index (χ0v) is 11.1. The second-order valence-electron chi connectivity index (χ2n) is 3.93. The van der Waals surface area contributed by atoms with Gasteiger partial charge in [-0.15, -0.1) is 0 Å². The molecule has 1 aromatic carbocycles. The topological polar surface area (TPSA) is 113 Å². The normalized spacial score (nSPS) is 10.1. The number of methoxy groups -OCH3 is 2. The number of benzene rings is 1. The second-order valence-corrected chi connectivity index (χ2v) is 3.93. The van der Waals surface area contributed by atoms with Crippen molar-refractivity contribution in [2.45, 2.75) is 0 Å². The third kappa shape index (κ3) is 2.61. The Kier molecular flexibility index (Phi) is 3.69. The SMILES string of the molecule is COc1ccc(-c2cc(C(N)=O)nc(N)n2)c(OC)c1. The molecule has 0 spiro atoms. The predicted molar refractivity (Wildman–Crippen MR) is 73.5 cm³/mol. The van der Waals surface area contributed by atoms with Crippen LogP contribution in [-0.2, 0) is 0 Å². The molecular weight excluding hydrogens is 260 g/mol. The van der Waals surface area contributed by atoms with Crippen LogP contribution in [0.15, 0.2) is 24.3 Å². The third-order valence-corrected chi connectivity index (χ3v) is 2.68. The summed E-state index contributed by atoms with van der Waals surface area (Å²) in [7, 11) is 3.08. The highest BCUT2D eigenvalue weighted by Crippen LogP contribution is 2.32. The molecule has 7 heteroatoms. The number of hydrogen-bond acceptors (Lipinski definition) is 6. The summed E-state index contributed by atoms with van der Waals surface area (Å²) in [6.45, 7) is 0. The maximum absolute atomic E-state index is 11.2. The molecule has 4 N–H and O–H groups in total. The molecule has 1 amide bonds. The number of amides is 1. The Morgan fingerprint density at radius 2 is 1.90 bits per heavy atom. The quantitative estimate of drug-likeness (QED) is 0.854. The second kappa shape index (κ2) is 5.43. The van der Waals surface area contributed by atoms with Gasteiger partial charge in [0, 0.05) is 11.6 Å². The first-order valence-corrected chi connectivity index (χ1v) is 5.72. The molecule has 0 aliphatic heterocycles. The van der Waals surface area contributed by atoms with Gasteiger partial charge >= 0.3 is 0 Å². The Morgan fingerprint density at radius 1 is 1.15 bits per heavy atom. The Labute approximate surface area is 115 Å². The van der Waals surface area contributed by atoms with E-state index in [4.69, 9.17) is 20.9 Å². The van der Waals surface area contributed by atoms with Crippen LogP contribution in [0.25, 0.3) is 11.3 Å². The summed E-state index contributed by atoms with van der Waals surface area (Å²) >= 11 is 0. The van der Waals surface area contributed by atoms with Crippen LogP contribution in [0.1, 0.15) is 10.5 Å². The van der Waals surface area contributed by atoms with E-state index in [2.05, 4.69) is 9.97 Å². The molecule has 0 bridgehead atoms. The van der Waals surface area contributed by atoms with Crippen molar-refractivity contribution in [3.05, 3.63) is 30.0 Å². The number of aromatic nitrogens is 2. The van der Waals surface area contributed by atoms with Gasteiger partial charge in [-0.1, -0.05) is 0 Å². The fourth-order valence-corrected chi connectivity index (χ4v) is 1.74. The summed E-state index contributed by atoms with van der Waals surface area (Å²) in [6, 6.07) is 6.67. The molecule has 7 nitrogen and oxygen atoms in total. The average molecular weight is 274 g/mol. The van der Waals surface area contributed by atoms with Gasteiger partial charge in [0.05, 0.1) is 19.9 Å².